The highest BCUT2D eigenvalue weighted by Crippen LogP contribution is 2.37. The fraction of sp³-hybridized carbons (Fsp3) is 0.652. The van der Waals surface area contributed by atoms with Gasteiger partial charge in [0.15, 0.2) is 0 Å². The van der Waals surface area contributed by atoms with Crippen molar-refractivity contribution in [1.82, 2.24) is 15.1 Å². The number of benzene rings is 1. The highest BCUT2D eigenvalue weighted by molar-refractivity contribution is 5.78. The van der Waals surface area contributed by atoms with E-state index in [1.54, 1.807) is 6.92 Å². The molecule has 1 aromatic rings. The van der Waals surface area contributed by atoms with Crippen molar-refractivity contribution in [3.63, 3.8) is 0 Å². The molecule has 1 saturated carbocycles. The SMILES string of the molecule is CC(=O)N1CC2CN([C@@H](CCNC(=O)C3CCCC3)c3ccccc3)CC2C1. The Balaban J connectivity index is 1.37. The molecule has 5 heteroatoms. The number of hydrogen-bond donors (Lipinski definition) is 1. The molecule has 2 amide bonds. The molecule has 1 aliphatic carbocycles. The van der Waals surface area contributed by atoms with E-state index in [1.165, 1.54) is 18.4 Å². The highest BCUT2D eigenvalue weighted by Gasteiger charge is 2.42. The molecule has 5 nitrogen and oxygen atoms in total. The van der Waals surface area contributed by atoms with Gasteiger partial charge >= 0.3 is 0 Å². The maximum absolute atomic E-state index is 12.4. The molecular formula is C23H33N3O2. The van der Waals surface area contributed by atoms with Gasteiger partial charge in [-0.05, 0) is 36.7 Å². The summed E-state index contributed by atoms with van der Waals surface area (Å²) in [7, 11) is 0. The van der Waals surface area contributed by atoms with Crippen molar-refractivity contribution in [3.8, 4) is 0 Å². The fourth-order valence-corrected chi connectivity index (χ4v) is 5.44. The van der Waals surface area contributed by atoms with Gasteiger partial charge in [0.25, 0.3) is 0 Å². The molecule has 28 heavy (non-hydrogen) atoms. The van der Waals surface area contributed by atoms with Crippen LogP contribution in [0.25, 0.3) is 0 Å². The number of likely N-dealkylation sites (tertiary alicyclic amines) is 2. The van der Waals surface area contributed by atoms with Crippen LogP contribution in [0.5, 0.6) is 0 Å². The number of nitrogens with zero attached hydrogens (tertiary/aromatic N) is 2. The number of hydrogen-bond acceptors (Lipinski definition) is 3. The summed E-state index contributed by atoms with van der Waals surface area (Å²) < 4.78 is 0. The molecule has 3 atom stereocenters. The summed E-state index contributed by atoms with van der Waals surface area (Å²) in [6, 6.07) is 11.0. The van der Waals surface area contributed by atoms with Gasteiger partial charge in [0, 0.05) is 51.6 Å². The topological polar surface area (TPSA) is 52.7 Å². The summed E-state index contributed by atoms with van der Waals surface area (Å²) in [5.74, 6) is 1.86. The van der Waals surface area contributed by atoms with Crippen LogP contribution in [0.1, 0.15) is 50.6 Å². The number of rotatable bonds is 6. The summed E-state index contributed by atoms with van der Waals surface area (Å²) in [6.45, 7) is 6.31. The van der Waals surface area contributed by atoms with Gasteiger partial charge in [0.05, 0.1) is 0 Å². The number of nitrogens with one attached hydrogen (secondary N) is 1. The van der Waals surface area contributed by atoms with Crippen LogP contribution < -0.4 is 5.32 Å². The Labute approximate surface area is 168 Å². The number of fused-ring (bicyclic) bond motifs is 1. The Kier molecular flexibility index (Phi) is 6.00. The lowest BCUT2D eigenvalue weighted by molar-refractivity contribution is -0.128. The van der Waals surface area contributed by atoms with Crippen LogP contribution >= 0.6 is 0 Å². The fourth-order valence-electron chi connectivity index (χ4n) is 5.44. The first-order valence-corrected chi connectivity index (χ1v) is 10.9. The van der Waals surface area contributed by atoms with Crippen molar-refractivity contribution in [2.45, 2.75) is 45.1 Å². The van der Waals surface area contributed by atoms with E-state index >= 15 is 0 Å². The van der Waals surface area contributed by atoms with E-state index in [4.69, 9.17) is 0 Å². The van der Waals surface area contributed by atoms with E-state index in [-0.39, 0.29) is 17.7 Å². The Morgan fingerprint density at radius 2 is 1.68 bits per heavy atom. The van der Waals surface area contributed by atoms with Gasteiger partial charge in [0.1, 0.15) is 0 Å². The van der Waals surface area contributed by atoms with Crippen molar-refractivity contribution in [1.29, 1.82) is 0 Å². The number of carbonyl (C=O) groups is 2. The molecule has 0 bridgehead atoms. The van der Waals surface area contributed by atoms with Crippen LogP contribution in [0.15, 0.2) is 30.3 Å². The lowest BCUT2D eigenvalue weighted by atomic mass is 10.0. The second-order valence-corrected chi connectivity index (χ2v) is 8.89. The average Bonchev–Trinajstić information content (AvgIpc) is 3.41. The summed E-state index contributed by atoms with van der Waals surface area (Å²) in [5, 5.41) is 3.20. The normalized spacial score (nSPS) is 26.4. The molecule has 2 heterocycles. The van der Waals surface area contributed by atoms with Crippen molar-refractivity contribution >= 4 is 11.8 Å². The molecule has 3 fully saturated rings. The maximum Gasteiger partial charge on any atom is 0.223 e. The standard InChI is InChI=1S/C23H33N3O2/c1-17(27)25-13-20-15-26(16-21(20)14-25)22(18-7-3-2-4-8-18)11-12-24-23(28)19-9-5-6-10-19/h2-4,7-8,19-22H,5-6,9-16H2,1H3,(H,24,28)/t20?,21?,22-/m0/s1. The third kappa shape index (κ3) is 4.24. The van der Waals surface area contributed by atoms with Gasteiger partial charge in [0.2, 0.25) is 11.8 Å². The molecule has 2 aliphatic heterocycles. The quantitative estimate of drug-likeness (QED) is 0.822. The third-order valence-electron chi connectivity index (χ3n) is 7.03. The van der Waals surface area contributed by atoms with Gasteiger partial charge in [-0.1, -0.05) is 43.2 Å². The van der Waals surface area contributed by atoms with Crippen molar-refractivity contribution in [2.24, 2.45) is 17.8 Å². The molecule has 0 radical (unpaired) electrons. The van der Waals surface area contributed by atoms with Crippen LogP contribution in [0, 0.1) is 17.8 Å². The first-order valence-electron chi connectivity index (χ1n) is 10.9. The molecule has 0 spiro atoms. The minimum absolute atomic E-state index is 0.204. The van der Waals surface area contributed by atoms with E-state index in [0.29, 0.717) is 17.9 Å². The molecule has 0 aromatic heterocycles. The molecule has 4 rings (SSSR count). The largest absolute Gasteiger partial charge is 0.356 e. The van der Waals surface area contributed by atoms with Crippen molar-refractivity contribution in [3.05, 3.63) is 35.9 Å². The van der Waals surface area contributed by atoms with Crippen LogP contribution in [0.4, 0.5) is 0 Å². The monoisotopic (exact) mass is 383 g/mol. The minimum atomic E-state index is 0.204. The molecule has 1 N–H and O–H groups in total. The van der Waals surface area contributed by atoms with E-state index < -0.39 is 0 Å². The van der Waals surface area contributed by atoms with Crippen molar-refractivity contribution < 1.29 is 9.59 Å². The first-order chi connectivity index (χ1) is 13.6. The Morgan fingerprint density at radius 1 is 1.04 bits per heavy atom. The summed E-state index contributed by atoms with van der Waals surface area (Å²) in [6.07, 6.45) is 5.43. The predicted octanol–water partition coefficient (Wildman–Crippen LogP) is 2.83. The Bertz CT molecular complexity index is 672. The number of amides is 2. The van der Waals surface area contributed by atoms with E-state index in [2.05, 4.69) is 40.5 Å². The highest BCUT2D eigenvalue weighted by atomic mass is 16.2. The lowest BCUT2D eigenvalue weighted by Crippen LogP contribution is -2.36. The van der Waals surface area contributed by atoms with Crippen LogP contribution in [0.3, 0.4) is 0 Å². The summed E-state index contributed by atoms with van der Waals surface area (Å²) in [5.41, 5.74) is 1.33. The van der Waals surface area contributed by atoms with E-state index in [1.807, 2.05) is 4.90 Å². The summed E-state index contributed by atoms with van der Waals surface area (Å²) >= 11 is 0. The van der Waals surface area contributed by atoms with Gasteiger partial charge < -0.3 is 10.2 Å². The Morgan fingerprint density at radius 3 is 2.29 bits per heavy atom. The molecule has 2 unspecified atom stereocenters. The molecule has 1 aromatic carbocycles. The van der Waals surface area contributed by atoms with Crippen LogP contribution in [-0.2, 0) is 9.59 Å². The second kappa shape index (κ2) is 8.64. The maximum atomic E-state index is 12.4. The lowest BCUT2D eigenvalue weighted by Gasteiger charge is -2.30. The number of carbonyl (C=O) groups excluding carboxylic acids is 2. The van der Waals surface area contributed by atoms with Gasteiger partial charge in [-0.3, -0.25) is 14.5 Å². The first kappa shape index (κ1) is 19.4. The minimum Gasteiger partial charge on any atom is -0.356 e. The Hall–Kier alpha value is -1.88. The molecular weight excluding hydrogens is 350 g/mol. The van der Waals surface area contributed by atoms with Crippen LogP contribution in [-0.4, -0.2) is 54.3 Å². The zero-order valence-electron chi connectivity index (χ0n) is 17.0. The van der Waals surface area contributed by atoms with Gasteiger partial charge in [-0.25, -0.2) is 0 Å². The zero-order chi connectivity index (χ0) is 19.5. The summed E-state index contributed by atoms with van der Waals surface area (Å²) in [4.78, 5) is 28.7. The second-order valence-electron chi connectivity index (χ2n) is 8.89. The molecule has 2 saturated heterocycles. The van der Waals surface area contributed by atoms with Gasteiger partial charge in [-0.15, -0.1) is 0 Å². The molecule has 3 aliphatic rings. The van der Waals surface area contributed by atoms with Gasteiger partial charge in [-0.2, -0.15) is 0 Å². The molecule has 152 valence electrons. The zero-order valence-corrected chi connectivity index (χ0v) is 17.0. The van der Waals surface area contributed by atoms with Crippen molar-refractivity contribution in [2.75, 3.05) is 32.7 Å². The smallest absolute Gasteiger partial charge is 0.223 e. The average molecular weight is 384 g/mol. The predicted molar refractivity (Wildman–Crippen MR) is 110 cm³/mol. The third-order valence-corrected chi connectivity index (χ3v) is 7.03. The van der Waals surface area contributed by atoms with Crippen LogP contribution in [0.2, 0.25) is 0 Å². The van der Waals surface area contributed by atoms with E-state index in [9.17, 15) is 9.59 Å². The van der Waals surface area contributed by atoms with E-state index in [0.717, 1.165) is 52.0 Å².